The highest BCUT2D eigenvalue weighted by molar-refractivity contribution is 5.46. The number of hydrogen-bond donors (Lipinski definition) is 1. The lowest BCUT2D eigenvalue weighted by atomic mass is 9.96. The normalized spacial score (nSPS) is 17.1. The summed E-state index contributed by atoms with van der Waals surface area (Å²) in [6.45, 7) is 0.918. The summed E-state index contributed by atoms with van der Waals surface area (Å²) in [7, 11) is 0. The summed E-state index contributed by atoms with van der Waals surface area (Å²) < 4.78 is 37.8. The van der Waals surface area contributed by atoms with Crippen LogP contribution in [-0.2, 0) is 11.3 Å². The summed E-state index contributed by atoms with van der Waals surface area (Å²) in [5, 5.41) is 2.48. The lowest BCUT2D eigenvalue weighted by Crippen LogP contribution is -2.39. The van der Waals surface area contributed by atoms with E-state index >= 15 is 0 Å². The largest absolute Gasteiger partial charge is 0.391 e. The summed E-state index contributed by atoms with van der Waals surface area (Å²) in [5.74, 6) is -0.625. The molecule has 110 valence electrons. The predicted molar refractivity (Wildman–Crippen MR) is 65.9 cm³/mol. The number of piperidine rings is 1. The Morgan fingerprint density at radius 3 is 2.65 bits per heavy atom. The zero-order valence-corrected chi connectivity index (χ0v) is 10.7. The van der Waals surface area contributed by atoms with E-state index in [0.29, 0.717) is 31.0 Å². The van der Waals surface area contributed by atoms with Crippen LogP contribution in [0.5, 0.6) is 0 Å². The van der Waals surface area contributed by atoms with Crippen LogP contribution in [0.3, 0.4) is 0 Å². The molecule has 0 bridgehead atoms. The van der Waals surface area contributed by atoms with Crippen molar-refractivity contribution in [1.82, 2.24) is 15.3 Å². The maximum absolute atomic E-state index is 12.6. The van der Waals surface area contributed by atoms with Crippen LogP contribution in [0, 0.1) is 5.92 Å². The van der Waals surface area contributed by atoms with Gasteiger partial charge in [-0.3, -0.25) is 4.79 Å². The minimum absolute atomic E-state index is 0.0788. The van der Waals surface area contributed by atoms with E-state index in [1.807, 2.05) is 4.90 Å². The molecule has 1 fully saturated rings. The number of halogens is 3. The van der Waals surface area contributed by atoms with Crippen LogP contribution in [0.25, 0.3) is 0 Å². The number of carbonyl (C=O) groups is 1. The fourth-order valence-electron chi connectivity index (χ4n) is 2.24. The molecule has 1 amide bonds. The minimum atomic E-state index is -4.11. The molecule has 1 aliphatic rings. The second-order valence-corrected chi connectivity index (χ2v) is 4.67. The van der Waals surface area contributed by atoms with Gasteiger partial charge in [-0.05, 0) is 12.8 Å². The Labute approximate surface area is 114 Å². The number of nitrogens with zero attached hydrogens (tertiary/aromatic N) is 3. The van der Waals surface area contributed by atoms with Crippen LogP contribution in [0.15, 0.2) is 12.4 Å². The van der Waals surface area contributed by atoms with E-state index in [9.17, 15) is 18.0 Å². The Morgan fingerprint density at radius 2 is 2.05 bits per heavy atom. The highest BCUT2D eigenvalue weighted by atomic mass is 19.4. The molecule has 0 radical (unpaired) electrons. The monoisotopic (exact) mass is 288 g/mol. The lowest BCUT2D eigenvalue weighted by molar-refractivity contribution is -0.179. The second-order valence-electron chi connectivity index (χ2n) is 4.67. The first-order chi connectivity index (χ1) is 9.50. The van der Waals surface area contributed by atoms with Crippen molar-refractivity contribution >= 4 is 12.2 Å². The summed E-state index contributed by atoms with van der Waals surface area (Å²) >= 11 is 0. The second kappa shape index (κ2) is 6.06. The van der Waals surface area contributed by atoms with Crippen LogP contribution < -0.4 is 10.2 Å². The molecule has 0 aliphatic carbocycles. The van der Waals surface area contributed by atoms with Crippen molar-refractivity contribution < 1.29 is 18.0 Å². The van der Waals surface area contributed by atoms with Crippen molar-refractivity contribution in [2.24, 2.45) is 5.92 Å². The van der Waals surface area contributed by atoms with Crippen molar-refractivity contribution in [3.05, 3.63) is 18.1 Å². The first-order valence-electron chi connectivity index (χ1n) is 6.30. The number of hydrogen-bond acceptors (Lipinski definition) is 4. The van der Waals surface area contributed by atoms with Gasteiger partial charge in [0.05, 0.1) is 18.2 Å². The molecule has 20 heavy (non-hydrogen) atoms. The van der Waals surface area contributed by atoms with Gasteiger partial charge < -0.3 is 10.2 Å². The Balaban J connectivity index is 1.98. The molecular weight excluding hydrogens is 273 g/mol. The fourth-order valence-corrected chi connectivity index (χ4v) is 2.24. The van der Waals surface area contributed by atoms with E-state index in [4.69, 9.17) is 0 Å². The predicted octanol–water partition coefficient (Wildman–Crippen LogP) is 1.50. The van der Waals surface area contributed by atoms with E-state index in [1.165, 1.54) is 6.33 Å². The van der Waals surface area contributed by atoms with Crippen molar-refractivity contribution in [3.63, 3.8) is 0 Å². The summed E-state index contributed by atoms with van der Waals surface area (Å²) in [5.41, 5.74) is 0.625. The number of anilines is 1. The van der Waals surface area contributed by atoms with Gasteiger partial charge in [-0.25, -0.2) is 9.97 Å². The smallest absolute Gasteiger partial charge is 0.356 e. The first-order valence-corrected chi connectivity index (χ1v) is 6.30. The van der Waals surface area contributed by atoms with Gasteiger partial charge in [0, 0.05) is 19.2 Å². The zero-order chi connectivity index (χ0) is 14.6. The molecule has 1 N–H and O–H groups in total. The average molecular weight is 288 g/mol. The molecule has 1 saturated heterocycles. The third-order valence-electron chi connectivity index (χ3n) is 3.36. The molecule has 1 aromatic heterocycles. The molecule has 2 heterocycles. The summed E-state index contributed by atoms with van der Waals surface area (Å²) in [4.78, 5) is 20.1. The maximum atomic E-state index is 12.6. The Morgan fingerprint density at radius 1 is 1.35 bits per heavy atom. The average Bonchev–Trinajstić information content (AvgIpc) is 2.45. The van der Waals surface area contributed by atoms with E-state index in [1.54, 1.807) is 6.07 Å². The lowest BCUT2D eigenvalue weighted by Gasteiger charge is -2.33. The highest BCUT2D eigenvalue weighted by Crippen LogP contribution is 2.34. The third kappa shape index (κ3) is 3.58. The van der Waals surface area contributed by atoms with Crippen molar-refractivity contribution in [3.8, 4) is 0 Å². The molecule has 8 heteroatoms. The van der Waals surface area contributed by atoms with Crippen LogP contribution in [0.2, 0.25) is 0 Å². The highest BCUT2D eigenvalue weighted by Gasteiger charge is 2.41. The molecule has 2 rings (SSSR count). The Bertz CT molecular complexity index is 458. The number of alkyl halides is 3. The molecule has 1 aromatic rings. The number of amides is 1. The summed E-state index contributed by atoms with van der Waals surface area (Å²) in [6.07, 6.45) is -2.04. The van der Waals surface area contributed by atoms with Gasteiger partial charge in [-0.1, -0.05) is 0 Å². The van der Waals surface area contributed by atoms with Crippen LogP contribution in [-0.4, -0.2) is 35.6 Å². The van der Waals surface area contributed by atoms with Gasteiger partial charge in [0.1, 0.15) is 12.1 Å². The number of carbonyl (C=O) groups excluding carboxylic acids is 1. The van der Waals surface area contributed by atoms with Gasteiger partial charge in [0.2, 0.25) is 6.41 Å². The van der Waals surface area contributed by atoms with E-state index in [-0.39, 0.29) is 19.4 Å². The van der Waals surface area contributed by atoms with E-state index in [0.717, 1.165) is 0 Å². The molecule has 1 aliphatic heterocycles. The number of aromatic nitrogens is 2. The molecule has 0 aromatic carbocycles. The number of nitrogens with one attached hydrogen (secondary N) is 1. The third-order valence-corrected chi connectivity index (χ3v) is 3.36. The van der Waals surface area contributed by atoms with Crippen molar-refractivity contribution in [2.45, 2.75) is 25.6 Å². The van der Waals surface area contributed by atoms with Gasteiger partial charge in [0.25, 0.3) is 0 Å². The maximum Gasteiger partial charge on any atom is 0.391 e. The molecule has 0 saturated carbocycles. The molecule has 0 atom stereocenters. The molecule has 0 spiro atoms. The van der Waals surface area contributed by atoms with Gasteiger partial charge in [-0.2, -0.15) is 13.2 Å². The molecule has 5 nitrogen and oxygen atoms in total. The van der Waals surface area contributed by atoms with Crippen molar-refractivity contribution in [1.29, 1.82) is 0 Å². The van der Waals surface area contributed by atoms with Crippen molar-refractivity contribution in [2.75, 3.05) is 18.0 Å². The first kappa shape index (κ1) is 14.5. The van der Waals surface area contributed by atoms with E-state index < -0.39 is 12.1 Å². The SMILES string of the molecule is O=CNCc1cc(N2CCC(C(F)(F)F)CC2)ncn1. The number of rotatable bonds is 4. The topological polar surface area (TPSA) is 58.1 Å². The van der Waals surface area contributed by atoms with Gasteiger partial charge >= 0.3 is 6.18 Å². The van der Waals surface area contributed by atoms with Crippen LogP contribution in [0.1, 0.15) is 18.5 Å². The van der Waals surface area contributed by atoms with Gasteiger partial charge in [-0.15, -0.1) is 0 Å². The quantitative estimate of drug-likeness (QED) is 0.853. The van der Waals surface area contributed by atoms with Crippen LogP contribution >= 0.6 is 0 Å². The zero-order valence-electron chi connectivity index (χ0n) is 10.7. The Kier molecular flexibility index (Phi) is 4.41. The Hall–Kier alpha value is -1.86. The molecular formula is C12H15F3N4O. The fraction of sp³-hybridized carbons (Fsp3) is 0.583. The van der Waals surface area contributed by atoms with Gasteiger partial charge in [0.15, 0.2) is 0 Å². The molecule has 0 unspecified atom stereocenters. The van der Waals surface area contributed by atoms with E-state index in [2.05, 4.69) is 15.3 Å². The standard InChI is InChI=1S/C12H15F3N4O/c13-12(14,15)9-1-3-19(4-2-9)11-5-10(6-16-8-20)17-7-18-11/h5,7-9H,1-4,6H2,(H,16,20). The van der Waals surface area contributed by atoms with Crippen LogP contribution in [0.4, 0.5) is 19.0 Å². The summed E-state index contributed by atoms with van der Waals surface area (Å²) in [6, 6.07) is 1.68. The minimum Gasteiger partial charge on any atom is -0.356 e.